The third-order valence-electron chi connectivity index (χ3n) is 3.30. The topological polar surface area (TPSA) is 17.8 Å². The summed E-state index contributed by atoms with van der Waals surface area (Å²) in [6.07, 6.45) is 6.38. The van der Waals surface area contributed by atoms with Gasteiger partial charge in [0.05, 0.1) is 12.2 Å². The average Bonchev–Trinajstić information content (AvgIpc) is 2.81. The lowest BCUT2D eigenvalue weighted by molar-refractivity contribution is 0.428. The Labute approximate surface area is 103 Å². The van der Waals surface area contributed by atoms with Crippen LogP contribution in [0, 0.1) is 6.92 Å². The van der Waals surface area contributed by atoms with E-state index in [4.69, 9.17) is 0 Å². The number of nitrogens with zero attached hydrogens (tertiary/aromatic N) is 2. The molecule has 1 heterocycles. The van der Waals surface area contributed by atoms with Crippen LogP contribution in [0.5, 0.6) is 0 Å². The zero-order valence-corrected chi connectivity index (χ0v) is 10.9. The van der Waals surface area contributed by atoms with Crippen molar-refractivity contribution in [1.82, 2.24) is 9.78 Å². The molecule has 0 spiro atoms. The monoisotopic (exact) mass is 228 g/mol. The summed E-state index contributed by atoms with van der Waals surface area (Å²) >= 11 is 0. The molecule has 90 valence electrons. The van der Waals surface area contributed by atoms with E-state index in [0.717, 1.165) is 12.8 Å². The fraction of sp³-hybridized carbons (Fsp3) is 0.400. The molecular formula is C15H20N2. The molecule has 1 aromatic heterocycles. The minimum absolute atomic E-state index is 0.522. The van der Waals surface area contributed by atoms with Crippen molar-refractivity contribution in [1.29, 1.82) is 0 Å². The molecule has 2 nitrogen and oxygen atoms in total. The number of rotatable bonds is 4. The Morgan fingerprint density at radius 2 is 1.71 bits per heavy atom. The number of aromatic nitrogens is 2. The highest BCUT2D eigenvalue weighted by atomic mass is 15.3. The second-order valence-corrected chi connectivity index (χ2v) is 4.55. The van der Waals surface area contributed by atoms with E-state index in [1.807, 2.05) is 6.20 Å². The van der Waals surface area contributed by atoms with Gasteiger partial charge in [0.25, 0.3) is 0 Å². The van der Waals surface area contributed by atoms with Gasteiger partial charge in [0.1, 0.15) is 0 Å². The molecule has 0 atom stereocenters. The van der Waals surface area contributed by atoms with Crippen LogP contribution in [0.15, 0.2) is 36.7 Å². The Morgan fingerprint density at radius 1 is 1.06 bits per heavy atom. The molecule has 0 radical (unpaired) electrons. The standard InChI is InChI=1S/C15H20N2/c1-4-15(5-2)17-11-14(10-16-17)13-8-6-12(3)7-9-13/h6-11,15H,4-5H2,1-3H3. The van der Waals surface area contributed by atoms with Gasteiger partial charge < -0.3 is 0 Å². The van der Waals surface area contributed by atoms with Crippen LogP contribution in [0.4, 0.5) is 0 Å². The number of aryl methyl sites for hydroxylation is 1. The molecule has 2 aromatic rings. The van der Waals surface area contributed by atoms with Gasteiger partial charge in [-0.2, -0.15) is 5.10 Å². The highest BCUT2D eigenvalue weighted by Crippen LogP contribution is 2.22. The smallest absolute Gasteiger partial charge is 0.0568 e. The van der Waals surface area contributed by atoms with Gasteiger partial charge in [0.2, 0.25) is 0 Å². The minimum atomic E-state index is 0.522. The van der Waals surface area contributed by atoms with Gasteiger partial charge in [0, 0.05) is 11.8 Å². The average molecular weight is 228 g/mol. The molecule has 2 rings (SSSR count). The van der Waals surface area contributed by atoms with Crippen LogP contribution in [-0.2, 0) is 0 Å². The van der Waals surface area contributed by atoms with E-state index in [-0.39, 0.29) is 0 Å². The summed E-state index contributed by atoms with van der Waals surface area (Å²) in [7, 11) is 0. The molecule has 0 amide bonds. The molecule has 0 unspecified atom stereocenters. The lowest BCUT2D eigenvalue weighted by Gasteiger charge is -2.12. The fourth-order valence-electron chi connectivity index (χ4n) is 2.10. The number of hydrogen-bond donors (Lipinski definition) is 0. The molecule has 0 saturated heterocycles. The second kappa shape index (κ2) is 5.17. The summed E-state index contributed by atoms with van der Waals surface area (Å²) in [6.45, 7) is 6.53. The highest BCUT2D eigenvalue weighted by Gasteiger charge is 2.08. The molecule has 0 N–H and O–H groups in total. The van der Waals surface area contributed by atoms with Gasteiger partial charge in [-0.3, -0.25) is 4.68 Å². The Kier molecular flexibility index (Phi) is 3.62. The van der Waals surface area contributed by atoms with E-state index >= 15 is 0 Å². The summed E-state index contributed by atoms with van der Waals surface area (Å²) in [5.74, 6) is 0. The van der Waals surface area contributed by atoms with Crippen molar-refractivity contribution in [2.75, 3.05) is 0 Å². The van der Waals surface area contributed by atoms with Crippen molar-refractivity contribution < 1.29 is 0 Å². The number of hydrogen-bond acceptors (Lipinski definition) is 1. The van der Waals surface area contributed by atoms with Gasteiger partial charge in [-0.15, -0.1) is 0 Å². The van der Waals surface area contributed by atoms with E-state index in [2.05, 4.69) is 61.0 Å². The second-order valence-electron chi connectivity index (χ2n) is 4.55. The quantitative estimate of drug-likeness (QED) is 0.766. The van der Waals surface area contributed by atoms with Crippen molar-refractivity contribution in [3.63, 3.8) is 0 Å². The fourth-order valence-corrected chi connectivity index (χ4v) is 2.10. The first-order chi connectivity index (χ1) is 8.24. The summed E-state index contributed by atoms with van der Waals surface area (Å²) in [5.41, 5.74) is 3.74. The van der Waals surface area contributed by atoms with Crippen LogP contribution < -0.4 is 0 Å². The molecule has 0 aliphatic rings. The molecule has 2 heteroatoms. The van der Waals surface area contributed by atoms with Crippen LogP contribution in [-0.4, -0.2) is 9.78 Å². The molecule has 0 bridgehead atoms. The molecule has 1 aromatic carbocycles. The summed E-state index contributed by atoms with van der Waals surface area (Å²) in [4.78, 5) is 0. The molecule has 0 saturated carbocycles. The van der Waals surface area contributed by atoms with Crippen molar-refractivity contribution in [3.05, 3.63) is 42.2 Å². The Bertz CT molecular complexity index is 464. The first-order valence-electron chi connectivity index (χ1n) is 6.35. The zero-order valence-electron chi connectivity index (χ0n) is 10.9. The number of benzene rings is 1. The van der Waals surface area contributed by atoms with Crippen molar-refractivity contribution >= 4 is 0 Å². The Balaban J connectivity index is 2.26. The van der Waals surface area contributed by atoms with Gasteiger partial charge in [-0.25, -0.2) is 0 Å². The minimum Gasteiger partial charge on any atom is -0.269 e. The Morgan fingerprint density at radius 3 is 2.29 bits per heavy atom. The lowest BCUT2D eigenvalue weighted by Crippen LogP contribution is -2.06. The largest absolute Gasteiger partial charge is 0.269 e. The normalized spacial score (nSPS) is 11.1. The third-order valence-corrected chi connectivity index (χ3v) is 3.30. The zero-order chi connectivity index (χ0) is 12.3. The van der Waals surface area contributed by atoms with Crippen molar-refractivity contribution in [2.45, 2.75) is 39.7 Å². The van der Waals surface area contributed by atoms with Crippen LogP contribution in [0.25, 0.3) is 11.1 Å². The van der Waals surface area contributed by atoms with E-state index < -0.39 is 0 Å². The maximum absolute atomic E-state index is 4.47. The van der Waals surface area contributed by atoms with Gasteiger partial charge in [-0.05, 0) is 25.3 Å². The first-order valence-corrected chi connectivity index (χ1v) is 6.35. The van der Waals surface area contributed by atoms with Crippen LogP contribution in [0.1, 0.15) is 38.3 Å². The molecular weight excluding hydrogens is 208 g/mol. The maximum Gasteiger partial charge on any atom is 0.0568 e. The Hall–Kier alpha value is -1.57. The van der Waals surface area contributed by atoms with E-state index in [1.165, 1.54) is 16.7 Å². The van der Waals surface area contributed by atoms with E-state index in [0.29, 0.717) is 6.04 Å². The predicted octanol–water partition coefficient (Wildman–Crippen LogP) is 4.22. The van der Waals surface area contributed by atoms with Gasteiger partial charge >= 0.3 is 0 Å². The maximum atomic E-state index is 4.47. The third kappa shape index (κ3) is 2.57. The summed E-state index contributed by atoms with van der Waals surface area (Å²) in [6, 6.07) is 9.12. The van der Waals surface area contributed by atoms with Crippen LogP contribution >= 0.6 is 0 Å². The highest BCUT2D eigenvalue weighted by molar-refractivity contribution is 5.61. The van der Waals surface area contributed by atoms with Crippen LogP contribution in [0.3, 0.4) is 0 Å². The molecule has 0 aliphatic heterocycles. The predicted molar refractivity (Wildman–Crippen MR) is 72.0 cm³/mol. The molecule has 0 fully saturated rings. The molecule has 0 aliphatic carbocycles. The van der Waals surface area contributed by atoms with Crippen LogP contribution in [0.2, 0.25) is 0 Å². The van der Waals surface area contributed by atoms with Crippen molar-refractivity contribution in [3.8, 4) is 11.1 Å². The van der Waals surface area contributed by atoms with Gasteiger partial charge in [0.15, 0.2) is 0 Å². The van der Waals surface area contributed by atoms with E-state index in [9.17, 15) is 0 Å². The lowest BCUT2D eigenvalue weighted by atomic mass is 10.1. The first kappa shape index (κ1) is 11.9. The van der Waals surface area contributed by atoms with E-state index in [1.54, 1.807) is 0 Å². The molecule has 17 heavy (non-hydrogen) atoms. The van der Waals surface area contributed by atoms with Crippen molar-refractivity contribution in [2.24, 2.45) is 0 Å². The summed E-state index contributed by atoms with van der Waals surface area (Å²) in [5, 5.41) is 4.47. The summed E-state index contributed by atoms with van der Waals surface area (Å²) < 4.78 is 2.09. The van der Waals surface area contributed by atoms with Gasteiger partial charge in [-0.1, -0.05) is 43.7 Å². The SMILES string of the molecule is CCC(CC)n1cc(-c2ccc(C)cc2)cn1.